The highest BCUT2D eigenvalue weighted by Gasteiger charge is 2.42. The fourth-order valence-corrected chi connectivity index (χ4v) is 5.53. The summed E-state index contributed by atoms with van der Waals surface area (Å²) in [5, 5.41) is 3.41. The van der Waals surface area contributed by atoms with Crippen LogP contribution in [0.3, 0.4) is 0 Å². The van der Waals surface area contributed by atoms with Crippen molar-refractivity contribution in [1.29, 1.82) is 0 Å². The molecule has 190 valence electrons. The standard InChI is InChI=1S/C28H39N3O4/c1-31-16-12-21(13-17-31)30-27(32)28(14-10-22(33-2)11-15-28)18-20-8-9-23(29-19-20)26-24(34-3)6-5-7-25(26)35-4/h5-9,19,21-22H,10-18H2,1-4H3,(H,30,32). The number of piperidine rings is 1. The number of carbonyl (C=O) groups is 1. The van der Waals surface area contributed by atoms with Gasteiger partial charge in [0.25, 0.3) is 0 Å². The predicted molar refractivity (Wildman–Crippen MR) is 137 cm³/mol. The molecule has 35 heavy (non-hydrogen) atoms. The number of amides is 1. The molecular formula is C28H39N3O4. The van der Waals surface area contributed by atoms with Crippen LogP contribution in [0.5, 0.6) is 11.5 Å². The highest BCUT2D eigenvalue weighted by atomic mass is 16.5. The van der Waals surface area contributed by atoms with Crippen molar-refractivity contribution in [3.8, 4) is 22.8 Å². The van der Waals surface area contributed by atoms with Crippen LogP contribution in [-0.4, -0.2) is 69.4 Å². The van der Waals surface area contributed by atoms with E-state index in [1.807, 2.05) is 30.5 Å². The van der Waals surface area contributed by atoms with Crippen LogP contribution in [0.25, 0.3) is 11.3 Å². The third-order valence-electron chi connectivity index (χ3n) is 7.81. The SMILES string of the molecule is COc1cccc(OC)c1-c1ccc(CC2(C(=O)NC3CCN(C)CC3)CCC(OC)CC2)cn1. The van der Waals surface area contributed by atoms with E-state index in [2.05, 4.69) is 23.3 Å². The maximum atomic E-state index is 13.7. The smallest absolute Gasteiger partial charge is 0.226 e. The van der Waals surface area contributed by atoms with Gasteiger partial charge in [0.1, 0.15) is 11.5 Å². The summed E-state index contributed by atoms with van der Waals surface area (Å²) in [4.78, 5) is 20.8. The number of pyridine rings is 1. The van der Waals surface area contributed by atoms with Gasteiger partial charge in [-0.3, -0.25) is 9.78 Å². The van der Waals surface area contributed by atoms with Gasteiger partial charge >= 0.3 is 0 Å². The van der Waals surface area contributed by atoms with E-state index in [9.17, 15) is 4.79 Å². The van der Waals surface area contributed by atoms with Crippen molar-refractivity contribution in [3.63, 3.8) is 0 Å². The molecule has 2 heterocycles. The molecule has 7 nitrogen and oxygen atoms in total. The van der Waals surface area contributed by atoms with Crippen LogP contribution >= 0.6 is 0 Å². The molecule has 2 aromatic rings. The average molecular weight is 482 g/mol. The number of carbonyl (C=O) groups excluding carboxylic acids is 1. The Bertz CT molecular complexity index is 956. The van der Waals surface area contributed by atoms with Crippen molar-refractivity contribution in [2.45, 2.75) is 57.1 Å². The van der Waals surface area contributed by atoms with Crippen molar-refractivity contribution < 1.29 is 19.0 Å². The van der Waals surface area contributed by atoms with E-state index in [1.165, 1.54) is 0 Å². The Kier molecular flexibility index (Phi) is 8.29. The highest BCUT2D eigenvalue weighted by molar-refractivity contribution is 5.83. The van der Waals surface area contributed by atoms with Gasteiger partial charge in [0, 0.05) is 19.3 Å². The molecule has 7 heteroatoms. The zero-order valence-corrected chi connectivity index (χ0v) is 21.5. The number of hydrogen-bond acceptors (Lipinski definition) is 6. The lowest BCUT2D eigenvalue weighted by Crippen LogP contribution is -2.51. The summed E-state index contributed by atoms with van der Waals surface area (Å²) in [6.07, 6.45) is 8.29. The quantitative estimate of drug-likeness (QED) is 0.612. The van der Waals surface area contributed by atoms with Crippen molar-refractivity contribution in [1.82, 2.24) is 15.2 Å². The fraction of sp³-hybridized carbons (Fsp3) is 0.571. The predicted octanol–water partition coefficient (Wildman–Crippen LogP) is 4.09. The Morgan fingerprint density at radius 3 is 2.23 bits per heavy atom. The molecule has 0 radical (unpaired) electrons. The lowest BCUT2D eigenvalue weighted by molar-refractivity contribution is -0.135. The molecule has 1 aliphatic heterocycles. The molecule has 1 aromatic carbocycles. The molecule has 1 N–H and O–H groups in total. The lowest BCUT2D eigenvalue weighted by atomic mass is 9.68. The van der Waals surface area contributed by atoms with Crippen molar-refractivity contribution in [2.75, 3.05) is 41.5 Å². The fourth-order valence-electron chi connectivity index (χ4n) is 5.53. The highest BCUT2D eigenvalue weighted by Crippen LogP contribution is 2.42. The monoisotopic (exact) mass is 481 g/mol. The number of nitrogens with one attached hydrogen (secondary N) is 1. The molecule has 2 aliphatic rings. The lowest BCUT2D eigenvalue weighted by Gasteiger charge is -2.40. The van der Waals surface area contributed by atoms with E-state index in [0.717, 1.165) is 79.9 Å². The molecule has 0 unspecified atom stereocenters. The van der Waals surface area contributed by atoms with Gasteiger partial charge in [-0.1, -0.05) is 12.1 Å². The maximum absolute atomic E-state index is 13.7. The Labute approximate surface area is 209 Å². The molecule has 0 atom stereocenters. The summed E-state index contributed by atoms with van der Waals surface area (Å²) in [6, 6.07) is 10.1. The number of benzene rings is 1. The molecule has 1 saturated carbocycles. The van der Waals surface area contributed by atoms with Gasteiger partial charge in [-0.25, -0.2) is 0 Å². The zero-order valence-electron chi connectivity index (χ0n) is 21.5. The summed E-state index contributed by atoms with van der Waals surface area (Å²) in [7, 11) is 7.21. The molecular weight excluding hydrogens is 442 g/mol. The van der Waals surface area contributed by atoms with Crippen molar-refractivity contribution in [3.05, 3.63) is 42.1 Å². The number of aromatic nitrogens is 1. The first-order chi connectivity index (χ1) is 17.0. The number of ether oxygens (including phenoxy) is 3. The minimum absolute atomic E-state index is 0.192. The number of hydrogen-bond donors (Lipinski definition) is 1. The Balaban J connectivity index is 1.54. The van der Waals surface area contributed by atoms with Gasteiger partial charge in [-0.15, -0.1) is 0 Å². The van der Waals surface area contributed by atoms with Gasteiger partial charge < -0.3 is 24.4 Å². The Morgan fingerprint density at radius 1 is 1.03 bits per heavy atom. The summed E-state index contributed by atoms with van der Waals surface area (Å²) in [6.45, 7) is 2.06. The number of methoxy groups -OCH3 is 3. The molecule has 1 amide bonds. The first kappa shape index (κ1) is 25.5. The molecule has 4 rings (SSSR count). The van der Waals surface area contributed by atoms with E-state index < -0.39 is 5.41 Å². The van der Waals surface area contributed by atoms with Crippen LogP contribution in [0.4, 0.5) is 0 Å². The van der Waals surface area contributed by atoms with Crippen LogP contribution in [0.2, 0.25) is 0 Å². The van der Waals surface area contributed by atoms with Gasteiger partial charge in [0.2, 0.25) is 5.91 Å². The van der Waals surface area contributed by atoms with E-state index >= 15 is 0 Å². The summed E-state index contributed by atoms with van der Waals surface area (Å²) >= 11 is 0. The second kappa shape index (κ2) is 11.4. The first-order valence-corrected chi connectivity index (χ1v) is 12.7. The van der Waals surface area contributed by atoms with Crippen LogP contribution in [0.1, 0.15) is 44.1 Å². The summed E-state index contributed by atoms with van der Waals surface area (Å²) < 4.78 is 16.7. The van der Waals surface area contributed by atoms with Gasteiger partial charge in [-0.2, -0.15) is 0 Å². The van der Waals surface area contributed by atoms with Crippen molar-refractivity contribution >= 4 is 5.91 Å². The van der Waals surface area contributed by atoms with E-state index in [0.29, 0.717) is 6.42 Å². The Morgan fingerprint density at radius 2 is 1.69 bits per heavy atom. The van der Waals surface area contributed by atoms with E-state index in [-0.39, 0.29) is 18.1 Å². The van der Waals surface area contributed by atoms with Gasteiger partial charge in [0.15, 0.2) is 0 Å². The van der Waals surface area contributed by atoms with Gasteiger partial charge in [-0.05, 0) is 88.8 Å². The minimum Gasteiger partial charge on any atom is -0.496 e. The largest absolute Gasteiger partial charge is 0.496 e. The van der Waals surface area contributed by atoms with Crippen LogP contribution in [-0.2, 0) is 16.0 Å². The van der Waals surface area contributed by atoms with E-state index in [1.54, 1.807) is 21.3 Å². The summed E-state index contributed by atoms with van der Waals surface area (Å²) in [5.74, 6) is 1.63. The Hall–Kier alpha value is -2.64. The topological polar surface area (TPSA) is 72.9 Å². The molecule has 0 spiro atoms. The van der Waals surface area contributed by atoms with Crippen molar-refractivity contribution in [2.24, 2.45) is 5.41 Å². The third kappa shape index (κ3) is 5.78. The van der Waals surface area contributed by atoms with Crippen LogP contribution < -0.4 is 14.8 Å². The summed E-state index contributed by atoms with van der Waals surface area (Å²) in [5.41, 5.74) is 2.26. The van der Waals surface area contributed by atoms with E-state index in [4.69, 9.17) is 19.2 Å². The second-order valence-corrected chi connectivity index (χ2v) is 10.0. The molecule has 0 bridgehead atoms. The number of rotatable bonds is 8. The molecule has 1 aromatic heterocycles. The molecule has 2 fully saturated rings. The third-order valence-corrected chi connectivity index (χ3v) is 7.81. The number of likely N-dealkylation sites (tertiary alicyclic amines) is 1. The minimum atomic E-state index is -0.427. The van der Waals surface area contributed by atoms with Gasteiger partial charge in [0.05, 0.1) is 37.0 Å². The maximum Gasteiger partial charge on any atom is 0.226 e. The normalized spacial score (nSPS) is 23.6. The number of nitrogens with zero attached hydrogens (tertiary/aromatic N) is 2. The average Bonchev–Trinajstić information content (AvgIpc) is 2.90. The first-order valence-electron chi connectivity index (χ1n) is 12.7. The molecule has 1 aliphatic carbocycles. The van der Waals surface area contributed by atoms with Crippen LogP contribution in [0, 0.1) is 5.41 Å². The molecule has 1 saturated heterocycles. The zero-order chi connectivity index (χ0) is 24.8. The second-order valence-electron chi connectivity index (χ2n) is 10.0. The van der Waals surface area contributed by atoms with Crippen LogP contribution in [0.15, 0.2) is 36.5 Å².